The van der Waals surface area contributed by atoms with Crippen LogP contribution in [0.3, 0.4) is 0 Å². The predicted octanol–water partition coefficient (Wildman–Crippen LogP) is 2.43. The van der Waals surface area contributed by atoms with Gasteiger partial charge in [0.1, 0.15) is 5.69 Å². The van der Waals surface area contributed by atoms with Gasteiger partial charge in [-0.15, -0.1) is 5.10 Å². The molecule has 108 valence electrons. The summed E-state index contributed by atoms with van der Waals surface area (Å²) in [6, 6.07) is 1.24. The highest BCUT2D eigenvalue weighted by atomic mass is 19.2. The number of nitrogens with zero attached hydrogens (tertiary/aromatic N) is 3. The number of benzene rings is 1. The quantitative estimate of drug-likeness (QED) is 0.858. The Morgan fingerprint density at radius 2 is 1.85 bits per heavy atom. The van der Waals surface area contributed by atoms with Crippen LogP contribution < -0.4 is 5.32 Å². The Labute approximate surface area is 114 Å². The minimum atomic E-state index is -1.23. The van der Waals surface area contributed by atoms with E-state index < -0.39 is 17.5 Å². The van der Waals surface area contributed by atoms with Crippen molar-refractivity contribution in [1.29, 1.82) is 0 Å². The molecule has 0 aliphatic rings. The zero-order valence-electron chi connectivity index (χ0n) is 11.2. The van der Waals surface area contributed by atoms with Crippen LogP contribution in [0, 0.1) is 23.4 Å². The Bertz CT molecular complexity index is 595. The van der Waals surface area contributed by atoms with Gasteiger partial charge in [-0.3, -0.25) is 0 Å². The molecule has 7 heteroatoms. The molecule has 0 saturated heterocycles. The monoisotopic (exact) mass is 284 g/mol. The van der Waals surface area contributed by atoms with Gasteiger partial charge in [0.2, 0.25) is 0 Å². The molecule has 1 heterocycles. The summed E-state index contributed by atoms with van der Waals surface area (Å²) in [6.45, 7) is 5.43. The molecule has 0 amide bonds. The number of halogens is 3. The third-order valence-corrected chi connectivity index (χ3v) is 2.64. The molecule has 2 rings (SSSR count). The molecule has 0 radical (unpaired) electrons. The van der Waals surface area contributed by atoms with Crippen molar-refractivity contribution in [3.8, 4) is 5.69 Å². The minimum Gasteiger partial charge on any atom is -0.311 e. The maximum absolute atomic E-state index is 13.6. The lowest BCUT2D eigenvalue weighted by molar-refractivity contribution is 0.491. The number of hydrogen-bond donors (Lipinski definition) is 1. The molecule has 20 heavy (non-hydrogen) atoms. The van der Waals surface area contributed by atoms with E-state index in [1.54, 1.807) is 0 Å². The fraction of sp³-hybridized carbons (Fsp3) is 0.385. The van der Waals surface area contributed by atoms with Gasteiger partial charge in [0.25, 0.3) is 0 Å². The maximum Gasteiger partial charge on any atom is 0.161 e. The van der Waals surface area contributed by atoms with Crippen LogP contribution in [-0.4, -0.2) is 21.5 Å². The first-order chi connectivity index (χ1) is 9.47. The molecule has 1 N–H and O–H groups in total. The molecule has 2 aromatic rings. The maximum atomic E-state index is 13.6. The highest BCUT2D eigenvalue weighted by Gasteiger charge is 2.13. The third-order valence-electron chi connectivity index (χ3n) is 2.64. The van der Waals surface area contributed by atoms with Crippen molar-refractivity contribution >= 4 is 0 Å². The second-order valence-electron chi connectivity index (χ2n) is 4.90. The number of aromatic nitrogens is 3. The van der Waals surface area contributed by atoms with E-state index in [1.807, 2.05) is 0 Å². The van der Waals surface area contributed by atoms with E-state index in [0.29, 0.717) is 24.2 Å². The van der Waals surface area contributed by atoms with Gasteiger partial charge in [-0.25, -0.2) is 17.9 Å². The first-order valence-corrected chi connectivity index (χ1v) is 6.24. The van der Waals surface area contributed by atoms with Crippen LogP contribution in [0.15, 0.2) is 18.3 Å². The summed E-state index contributed by atoms with van der Waals surface area (Å²) in [5.74, 6) is -2.76. The van der Waals surface area contributed by atoms with Crippen molar-refractivity contribution in [3.05, 3.63) is 41.5 Å². The van der Waals surface area contributed by atoms with E-state index in [9.17, 15) is 13.2 Å². The fourth-order valence-electron chi connectivity index (χ4n) is 1.67. The van der Waals surface area contributed by atoms with Crippen LogP contribution in [-0.2, 0) is 6.54 Å². The molecular formula is C13H15F3N4. The molecule has 1 aromatic heterocycles. The van der Waals surface area contributed by atoms with Crippen LogP contribution in [0.25, 0.3) is 5.69 Å². The molecule has 0 bridgehead atoms. The summed E-state index contributed by atoms with van der Waals surface area (Å²) in [4.78, 5) is 0. The Morgan fingerprint density at radius 3 is 2.55 bits per heavy atom. The number of rotatable bonds is 5. The van der Waals surface area contributed by atoms with Crippen molar-refractivity contribution in [2.24, 2.45) is 5.92 Å². The van der Waals surface area contributed by atoms with Gasteiger partial charge in [0.05, 0.1) is 11.9 Å². The molecule has 4 nitrogen and oxygen atoms in total. The van der Waals surface area contributed by atoms with Crippen LogP contribution in [0.1, 0.15) is 19.5 Å². The van der Waals surface area contributed by atoms with E-state index in [4.69, 9.17) is 0 Å². The van der Waals surface area contributed by atoms with E-state index >= 15 is 0 Å². The molecule has 0 atom stereocenters. The average molecular weight is 284 g/mol. The van der Waals surface area contributed by atoms with Crippen molar-refractivity contribution in [2.45, 2.75) is 20.4 Å². The number of hydrogen-bond acceptors (Lipinski definition) is 3. The van der Waals surface area contributed by atoms with Crippen molar-refractivity contribution in [3.63, 3.8) is 0 Å². The first-order valence-electron chi connectivity index (χ1n) is 6.24. The summed E-state index contributed by atoms with van der Waals surface area (Å²) in [5, 5.41) is 10.7. The van der Waals surface area contributed by atoms with Crippen molar-refractivity contribution in [2.75, 3.05) is 6.54 Å². The molecule has 0 unspecified atom stereocenters. The molecule has 1 aromatic carbocycles. The highest BCUT2D eigenvalue weighted by Crippen LogP contribution is 2.17. The van der Waals surface area contributed by atoms with Crippen molar-refractivity contribution in [1.82, 2.24) is 20.3 Å². The Kier molecular flexibility index (Phi) is 4.39. The van der Waals surface area contributed by atoms with E-state index in [-0.39, 0.29) is 5.69 Å². The lowest BCUT2D eigenvalue weighted by Crippen LogP contribution is -2.19. The standard InChI is InChI=1S/C13H15F3N4/c1-8(2)5-17-6-9-7-20(19-18-9)13-4-11(15)10(14)3-12(13)16/h3-4,7-8,17H,5-6H2,1-2H3. The third kappa shape index (κ3) is 3.36. The zero-order valence-corrected chi connectivity index (χ0v) is 11.2. The summed E-state index contributed by atoms with van der Waals surface area (Å²) >= 11 is 0. The summed E-state index contributed by atoms with van der Waals surface area (Å²) in [5.41, 5.74) is 0.418. The highest BCUT2D eigenvalue weighted by molar-refractivity contribution is 5.33. The number of nitrogens with one attached hydrogen (secondary N) is 1. The topological polar surface area (TPSA) is 42.7 Å². The van der Waals surface area contributed by atoms with Crippen LogP contribution in [0.2, 0.25) is 0 Å². The lowest BCUT2D eigenvalue weighted by atomic mass is 10.2. The molecule has 0 aliphatic heterocycles. The molecule has 0 fully saturated rings. The van der Waals surface area contributed by atoms with Gasteiger partial charge >= 0.3 is 0 Å². The SMILES string of the molecule is CC(C)CNCc1cn(-c2cc(F)c(F)cc2F)nn1. The zero-order chi connectivity index (χ0) is 14.7. The van der Waals surface area contributed by atoms with E-state index in [1.165, 1.54) is 6.20 Å². The van der Waals surface area contributed by atoms with E-state index in [0.717, 1.165) is 17.3 Å². The molecular weight excluding hydrogens is 269 g/mol. The molecule has 0 saturated carbocycles. The second kappa shape index (κ2) is 6.04. The average Bonchev–Trinajstić information content (AvgIpc) is 2.82. The summed E-state index contributed by atoms with van der Waals surface area (Å²) in [6.07, 6.45) is 1.48. The second-order valence-corrected chi connectivity index (χ2v) is 4.90. The van der Waals surface area contributed by atoms with Crippen LogP contribution in [0.5, 0.6) is 0 Å². The minimum absolute atomic E-state index is 0.175. The lowest BCUT2D eigenvalue weighted by Gasteiger charge is -2.04. The van der Waals surface area contributed by atoms with Gasteiger partial charge < -0.3 is 5.32 Å². The van der Waals surface area contributed by atoms with Crippen LogP contribution in [0.4, 0.5) is 13.2 Å². The summed E-state index contributed by atoms with van der Waals surface area (Å²) < 4.78 is 40.6. The van der Waals surface area contributed by atoms with Gasteiger partial charge in [0.15, 0.2) is 17.5 Å². The smallest absolute Gasteiger partial charge is 0.161 e. The predicted molar refractivity (Wildman–Crippen MR) is 67.8 cm³/mol. The normalized spacial score (nSPS) is 11.3. The molecule has 0 aliphatic carbocycles. The van der Waals surface area contributed by atoms with Gasteiger partial charge in [0, 0.05) is 18.7 Å². The van der Waals surface area contributed by atoms with E-state index in [2.05, 4.69) is 29.5 Å². The Hall–Kier alpha value is -1.89. The summed E-state index contributed by atoms with van der Waals surface area (Å²) in [7, 11) is 0. The van der Waals surface area contributed by atoms with Crippen molar-refractivity contribution < 1.29 is 13.2 Å². The Balaban J connectivity index is 2.14. The fourth-order valence-corrected chi connectivity index (χ4v) is 1.67. The first kappa shape index (κ1) is 14.5. The van der Waals surface area contributed by atoms with Crippen LogP contribution >= 0.6 is 0 Å². The van der Waals surface area contributed by atoms with Gasteiger partial charge in [-0.05, 0) is 12.5 Å². The molecule has 0 spiro atoms. The van der Waals surface area contributed by atoms with Gasteiger partial charge in [-0.1, -0.05) is 19.1 Å². The largest absolute Gasteiger partial charge is 0.311 e. The van der Waals surface area contributed by atoms with Gasteiger partial charge in [-0.2, -0.15) is 0 Å². The Morgan fingerprint density at radius 1 is 1.15 bits per heavy atom.